The molecule has 0 radical (unpaired) electrons. The van der Waals surface area contributed by atoms with Gasteiger partial charge in [-0.3, -0.25) is 10.1 Å². The highest BCUT2D eigenvalue weighted by molar-refractivity contribution is 7.99. The molecule has 0 aliphatic heterocycles. The molecule has 116 valence electrons. The number of nitro benzene ring substituents is 1. The van der Waals surface area contributed by atoms with Crippen LogP contribution in [0.2, 0.25) is 0 Å². The molecule has 0 bridgehead atoms. The highest BCUT2D eigenvalue weighted by atomic mass is 32.2. The summed E-state index contributed by atoms with van der Waals surface area (Å²) in [5, 5.41) is 11.3. The third-order valence-corrected chi connectivity index (χ3v) is 6.26. The van der Waals surface area contributed by atoms with E-state index in [0.29, 0.717) is 0 Å². The summed E-state index contributed by atoms with van der Waals surface area (Å²) >= 11 is 1.60. The fraction of sp³-hybridized carbons (Fsp3) is 0.500. The summed E-state index contributed by atoms with van der Waals surface area (Å²) in [6.07, 6.45) is 4.55. The van der Waals surface area contributed by atoms with E-state index in [1.165, 1.54) is 18.2 Å². The summed E-state index contributed by atoms with van der Waals surface area (Å²) in [5.41, 5.74) is 4.82. The van der Waals surface area contributed by atoms with Crippen LogP contribution in [0.3, 0.4) is 0 Å². The third kappa shape index (κ3) is 3.30. The number of nitro groups is 1. The zero-order valence-corrected chi connectivity index (χ0v) is 13.1. The number of nitrogens with zero attached hydrogens (tertiary/aromatic N) is 1. The van der Waals surface area contributed by atoms with Crippen LogP contribution in [0.15, 0.2) is 23.1 Å². The highest BCUT2D eigenvalue weighted by Gasteiger charge is 2.34. The summed E-state index contributed by atoms with van der Waals surface area (Å²) in [5.74, 6) is 0. The molecule has 0 aromatic heterocycles. The number of sulfonamides is 1. The summed E-state index contributed by atoms with van der Waals surface area (Å²) in [6.45, 7) is 0. The van der Waals surface area contributed by atoms with Crippen LogP contribution in [-0.4, -0.2) is 30.9 Å². The summed E-state index contributed by atoms with van der Waals surface area (Å²) < 4.78 is 27.5. The van der Waals surface area contributed by atoms with E-state index in [1.54, 1.807) is 11.8 Å². The Morgan fingerprint density at radius 1 is 1.43 bits per heavy atom. The van der Waals surface area contributed by atoms with Gasteiger partial charge in [0.1, 0.15) is 5.69 Å². The van der Waals surface area contributed by atoms with Crippen LogP contribution in [0.1, 0.15) is 19.3 Å². The number of nitrogen functional groups attached to an aromatic ring is 1. The number of hydrogen-bond acceptors (Lipinski definition) is 6. The van der Waals surface area contributed by atoms with E-state index in [1.807, 2.05) is 6.26 Å². The Labute approximate surface area is 127 Å². The molecule has 0 saturated heterocycles. The average Bonchev–Trinajstić information content (AvgIpc) is 2.84. The minimum atomic E-state index is -3.97. The molecule has 1 fully saturated rings. The Kier molecular flexibility index (Phi) is 4.74. The molecule has 1 aliphatic carbocycles. The van der Waals surface area contributed by atoms with Crippen LogP contribution >= 0.6 is 11.8 Å². The van der Waals surface area contributed by atoms with Gasteiger partial charge in [0.05, 0.1) is 4.92 Å². The fourth-order valence-corrected chi connectivity index (χ4v) is 5.09. The number of anilines is 1. The lowest BCUT2D eigenvalue weighted by Gasteiger charge is -2.19. The molecule has 21 heavy (non-hydrogen) atoms. The Morgan fingerprint density at radius 2 is 2.14 bits per heavy atom. The van der Waals surface area contributed by atoms with Gasteiger partial charge in [-0.15, -0.1) is 0 Å². The van der Waals surface area contributed by atoms with Gasteiger partial charge in [-0.1, -0.05) is 12.5 Å². The molecule has 1 aliphatic rings. The van der Waals surface area contributed by atoms with Crippen molar-refractivity contribution in [3.05, 3.63) is 28.3 Å². The number of nitrogens with one attached hydrogen (secondary N) is 1. The molecule has 0 amide bonds. The first kappa shape index (κ1) is 16.1. The van der Waals surface area contributed by atoms with Gasteiger partial charge in [0.2, 0.25) is 10.0 Å². The van der Waals surface area contributed by atoms with Crippen LogP contribution < -0.4 is 10.5 Å². The first-order valence-corrected chi connectivity index (χ1v) is 9.22. The van der Waals surface area contributed by atoms with E-state index in [2.05, 4.69) is 4.72 Å². The van der Waals surface area contributed by atoms with Gasteiger partial charge in [0.15, 0.2) is 4.90 Å². The zero-order valence-electron chi connectivity index (χ0n) is 11.5. The number of nitrogens with two attached hydrogens (primary N) is 1. The zero-order chi connectivity index (χ0) is 15.6. The van der Waals surface area contributed by atoms with Crippen molar-refractivity contribution < 1.29 is 13.3 Å². The smallest absolute Gasteiger partial charge is 0.312 e. The topological polar surface area (TPSA) is 115 Å². The minimum Gasteiger partial charge on any atom is -0.393 e. The molecule has 7 nitrogen and oxygen atoms in total. The largest absolute Gasteiger partial charge is 0.393 e. The first-order valence-electron chi connectivity index (χ1n) is 6.45. The lowest BCUT2D eigenvalue weighted by molar-refractivity contribution is -0.386. The van der Waals surface area contributed by atoms with Gasteiger partial charge in [-0.05, 0) is 31.2 Å². The van der Waals surface area contributed by atoms with Gasteiger partial charge in [-0.2, -0.15) is 11.8 Å². The van der Waals surface area contributed by atoms with Gasteiger partial charge in [0, 0.05) is 11.3 Å². The van der Waals surface area contributed by atoms with Crippen LogP contribution in [0.5, 0.6) is 0 Å². The summed E-state index contributed by atoms with van der Waals surface area (Å²) in [7, 11) is -3.97. The number of para-hydroxylation sites is 1. The van der Waals surface area contributed by atoms with Gasteiger partial charge in [-0.25, -0.2) is 13.1 Å². The molecule has 2 rings (SSSR count). The monoisotopic (exact) mass is 331 g/mol. The SMILES string of the molecule is CSC1CCCC1NS(=O)(=O)c1cccc(N)c1[N+](=O)[O-]. The maximum atomic E-state index is 12.4. The second-order valence-corrected chi connectivity index (χ2v) is 7.64. The molecule has 1 aromatic carbocycles. The number of benzene rings is 1. The molecule has 2 atom stereocenters. The van der Waals surface area contributed by atoms with Crippen molar-refractivity contribution in [2.24, 2.45) is 0 Å². The Hall–Kier alpha value is -1.32. The molecule has 2 unspecified atom stereocenters. The van der Waals surface area contributed by atoms with Crippen LogP contribution in [0.25, 0.3) is 0 Å². The molecule has 1 saturated carbocycles. The molecule has 3 N–H and O–H groups in total. The summed E-state index contributed by atoms with van der Waals surface area (Å²) in [6, 6.07) is 3.72. The molecule has 0 spiro atoms. The quantitative estimate of drug-likeness (QED) is 0.482. The second-order valence-electron chi connectivity index (χ2n) is 4.88. The Bertz CT molecular complexity index is 648. The van der Waals surface area contributed by atoms with E-state index >= 15 is 0 Å². The van der Waals surface area contributed by atoms with Crippen molar-refractivity contribution in [2.75, 3.05) is 12.0 Å². The van der Waals surface area contributed by atoms with E-state index in [4.69, 9.17) is 5.73 Å². The van der Waals surface area contributed by atoms with E-state index in [9.17, 15) is 18.5 Å². The fourth-order valence-electron chi connectivity index (χ4n) is 2.56. The van der Waals surface area contributed by atoms with Gasteiger partial charge < -0.3 is 5.73 Å². The van der Waals surface area contributed by atoms with E-state index in [0.717, 1.165) is 19.3 Å². The highest BCUT2D eigenvalue weighted by Crippen LogP contribution is 2.33. The lowest BCUT2D eigenvalue weighted by Crippen LogP contribution is -2.38. The maximum Gasteiger partial charge on any atom is 0.312 e. The Morgan fingerprint density at radius 3 is 2.76 bits per heavy atom. The molecular formula is C12H17N3O4S2. The normalized spacial score (nSPS) is 22.3. The van der Waals surface area contributed by atoms with E-state index < -0.39 is 20.6 Å². The average molecular weight is 331 g/mol. The lowest BCUT2D eigenvalue weighted by atomic mass is 10.3. The first-order chi connectivity index (χ1) is 9.86. The molecule has 0 heterocycles. The maximum absolute atomic E-state index is 12.4. The van der Waals surface area contributed by atoms with Crippen LogP contribution in [-0.2, 0) is 10.0 Å². The number of hydrogen-bond donors (Lipinski definition) is 2. The predicted octanol–water partition coefficient (Wildman–Crippen LogP) is 1.74. The number of rotatable bonds is 5. The van der Waals surface area contributed by atoms with Crippen LogP contribution in [0.4, 0.5) is 11.4 Å². The van der Waals surface area contributed by atoms with Gasteiger partial charge >= 0.3 is 5.69 Å². The molecular weight excluding hydrogens is 314 g/mol. The van der Waals surface area contributed by atoms with Crippen molar-refractivity contribution in [1.82, 2.24) is 4.72 Å². The van der Waals surface area contributed by atoms with Crippen molar-refractivity contribution in [1.29, 1.82) is 0 Å². The Balaban J connectivity index is 2.36. The molecule has 1 aromatic rings. The van der Waals surface area contributed by atoms with Crippen molar-refractivity contribution in [2.45, 2.75) is 35.4 Å². The predicted molar refractivity (Wildman–Crippen MR) is 82.8 cm³/mol. The standard InChI is InChI=1S/C12H17N3O4S2/c1-20-10-6-3-5-9(10)14-21(18,19)11-7-2-4-8(13)12(11)15(16)17/h2,4,7,9-10,14H,3,5-6,13H2,1H3. The number of thioether (sulfide) groups is 1. The van der Waals surface area contributed by atoms with Crippen LogP contribution in [0, 0.1) is 10.1 Å². The molecule has 9 heteroatoms. The van der Waals surface area contributed by atoms with Crippen molar-refractivity contribution in [3.63, 3.8) is 0 Å². The van der Waals surface area contributed by atoms with Crippen molar-refractivity contribution in [3.8, 4) is 0 Å². The van der Waals surface area contributed by atoms with E-state index in [-0.39, 0.29) is 21.9 Å². The minimum absolute atomic E-state index is 0.157. The van der Waals surface area contributed by atoms with Gasteiger partial charge in [0.25, 0.3) is 0 Å². The second kappa shape index (κ2) is 6.20. The third-order valence-electron chi connectivity index (χ3n) is 3.56. The summed E-state index contributed by atoms with van der Waals surface area (Å²) in [4.78, 5) is 9.94. The van der Waals surface area contributed by atoms with Crippen molar-refractivity contribution >= 4 is 33.2 Å².